The van der Waals surface area contributed by atoms with Crippen LogP contribution in [0.5, 0.6) is 11.5 Å². The van der Waals surface area contributed by atoms with Crippen LogP contribution < -0.4 is 9.47 Å². The van der Waals surface area contributed by atoms with E-state index in [1.165, 1.54) is 7.11 Å². The number of carbonyl (C=O) groups excluding carboxylic acids is 2. The first kappa shape index (κ1) is 20.6. The Bertz CT molecular complexity index is 1110. The lowest BCUT2D eigenvalue weighted by Gasteiger charge is -2.31. The quantitative estimate of drug-likeness (QED) is 0.442. The van der Waals surface area contributed by atoms with Crippen molar-refractivity contribution in [3.05, 3.63) is 65.5 Å². The van der Waals surface area contributed by atoms with Gasteiger partial charge in [0.2, 0.25) is 11.7 Å². The van der Waals surface area contributed by atoms with E-state index >= 15 is 0 Å². The Morgan fingerprint density at radius 3 is 2.58 bits per heavy atom. The Kier molecular flexibility index (Phi) is 5.73. The van der Waals surface area contributed by atoms with E-state index < -0.39 is 17.8 Å². The number of aromatic nitrogens is 1. The molecule has 3 aromatic rings. The molecular weight excluding hydrogens is 400 g/mol. The average molecular weight is 422 g/mol. The monoisotopic (exact) mass is 422 g/mol. The Balaban J connectivity index is 1.71. The molecule has 0 saturated carbocycles. The van der Waals surface area contributed by atoms with Gasteiger partial charge in [0.15, 0.2) is 11.8 Å². The summed E-state index contributed by atoms with van der Waals surface area (Å²) in [6, 6.07) is 13.5. The fraction of sp³-hybridized carbons (Fsp3) is 0.261. The predicted octanol–water partition coefficient (Wildman–Crippen LogP) is 3.10. The molecule has 1 atom stereocenters. The number of benzene rings is 2. The van der Waals surface area contributed by atoms with Crippen molar-refractivity contribution in [2.24, 2.45) is 0 Å². The summed E-state index contributed by atoms with van der Waals surface area (Å²) in [6.45, 7) is 0.512. The molecule has 31 heavy (non-hydrogen) atoms. The summed E-state index contributed by atoms with van der Waals surface area (Å²) in [5.74, 6) is 0.534. The molecule has 0 fully saturated rings. The minimum Gasteiger partial charge on any atom is -0.497 e. The molecule has 0 bridgehead atoms. The summed E-state index contributed by atoms with van der Waals surface area (Å²) >= 11 is 0. The lowest BCUT2D eigenvalue weighted by Crippen LogP contribution is -2.49. The lowest BCUT2D eigenvalue weighted by molar-refractivity contribution is -0.145. The number of hydrogen-bond acceptors (Lipinski definition) is 8. The van der Waals surface area contributed by atoms with Crippen molar-refractivity contribution in [1.29, 1.82) is 0 Å². The number of ketones is 1. The van der Waals surface area contributed by atoms with Gasteiger partial charge in [-0.05, 0) is 18.2 Å². The summed E-state index contributed by atoms with van der Waals surface area (Å²) in [4.78, 5) is 31.9. The number of oxazole rings is 1. The maximum Gasteiger partial charge on any atom is 0.331 e. The van der Waals surface area contributed by atoms with Crippen LogP contribution in [0.1, 0.15) is 21.8 Å². The molecule has 160 valence electrons. The fourth-order valence-corrected chi connectivity index (χ4v) is 3.65. The molecule has 0 amide bonds. The molecule has 4 rings (SSSR count). The molecule has 1 aromatic heterocycles. The molecular formula is C23H22N2O6. The largest absolute Gasteiger partial charge is 0.497 e. The number of fused-ring (bicyclic) bond motifs is 1. The van der Waals surface area contributed by atoms with E-state index in [1.54, 1.807) is 31.3 Å². The zero-order valence-corrected chi connectivity index (χ0v) is 17.5. The van der Waals surface area contributed by atoms with Crippen molar-refractivity contribution in [3.63, 3.8) is 0 Å². The second-order valence-electron chi connectivity index (χ2n) is 7.03. The second kappa shape index (κ2) is 8.61. The molecule has 0 N–H and O–H groups in total. The Morgan fingerprint density at radius 2 is 1.90 bits per heavy atom. The minimum absolute atomic E-state index is 0.0900. The van der Waals surface area contributed by atoms with Crippen molar-refractivity contribution in [3.8, 4) is 23.0 Å². The molecule has 2 heterocycles. The van der Waals surface area contributed by atoms with Crippen LogP contribution in [0.15, 0.2) is 52.9 Å². The van der Waals surface area contributed by atoms with Gasteiger partial charge in [-0.25, -0.2) is 9.78 Å². The number of ether oxygens (including phenoxy) is 3. The van der Waals surface area contributed by atoms with Gasteiger partial charge in [0.05, 0.1) is 21.3 Å². The van der Waals surface area contributed by atoms with Crippen LogP contribution in [-0.4, -0.2) is 49.0 Å². The Labute approximate surface area is 179 Å². The highest BCUT2D eigenvalue weighted by Gasteiger charge is 2.43. The standard InChI is InChI=1S/C23H22N2O6/c1-28-16-10-9-15(18(11-16)29-2)12-25-13-17-21(20(26)19(25)23(27)30-3)31-22(24-17)14-7-5-4-6-8-14/h4-11,19H,12-13H2,1-3H3. The average Bonchev–Trinajstić information content (AvgIpc) is 3.24. The SMILES string of the molecule is COC(=O)C1C(=O)c2oc(-c3ccccc3)nc2CN1Cc1ccc(OC)cc1OC. The number of carbonyl (C=O) groups is 2. The molecule has 1 aliphatic rings. The number of rotatable bonds is 6. The maximum atomic E-state index is 13.2. The molecule has 2 aromatic carbocycles. The van der Waals surface area contributed by atoms with Crippen molar-refractivity contribution >= 4 is 11.8 Å². The smallest absolute Gasteiger partial charge is 0.331 e. The predicted molar refractivity (Wildman–Crippen MR) is 111 cm³/mol. The van der Waals surface area contributed by atoms with E-state index in [2.05, 4.69) is 4.98 Å². The molecule has 0 radical (unpaired) electrons. The Hall–Kier alpha value is -3.65. The van der Waals surface area contributed by atoms with Crippen LogP contribution in [0.25, 0.3) is 11.5 Å². The van der Waals surface area contributed by atoms with E-state index in [9.17, 15) is 9.59 Å². The van der Waals surface area contributed by atoms with E-state index in [-0.39, 0.29) is 18.8 Å². The van der Waals surface area contributed by atoms with Crippen molar-refractivity contribution in [2.75, 3.05) is 21.3 Å². The highest BCUT2D eigenvalue weighted by atomic mass is 16.5. The maximum absolute atomic E-state index is 13.2. The first-order chi connectivity index (χ1) is 15.0. The van der Waals surface area contributed by atoms with E-state index in [0.29, 0.717) is 23.1 Å². The van der Waals surface area contributed by atoms with E-state index in [1.807, 2.05) is 36.4 Å². The summed E-state index contributed by atoms with van der Waals surface area (Å²) in [5, 5.41) is 0. The van der Waals surface area contributed by atoms with Crippen LogP contribution in [0.3, 0.4) is 0 Å². The summed E-state index contributed by atoms with van der Waals surface area (Å²) in [5.41, 5.74) is 2.03. The Morgan fingerprint density at radius 1 is 1.13 bits per heavy atom. The van der Waals surface area contributed by atoms with Gasteiger partial charge in [0.1, 0.15) is 17.2 Å². The normalized spacial score (nSPS) is 16.0. The van der Waals surface area contributed by atoms with Crippen LogP contribution in [0, 0.1) is 0 Å². The van der Waals surface area contributed by atoms with E-state index in [4.69, 9.17) is 18.6 Å². The third kappa shape index (κ3) is 3.89. The number of Topliss-reactive ketones (excluding diaryl/α,β-unsaturated/α-hetero) is 1. The molecule has 8 nitrogen and oxygen atoms in total. The van der Waals surface area contributed by atoms with E-state index in [0.717, 1.165) is 11.1 Å². The van der Waals surface area contributed by atoms with Crippen LogP contribution >= 0.6 is 0 Å². The van der Waals surface area contributed by atoms with Crippen molar-refractivity contribution in [1.82, 2.24) is 9.88 Å². The highest BCUT2D eigenvalue weighted by molar-refractivity contribution is 6.12. The molecule has 0 spiro atoms. The fourth-order valence-electron chi connectivity index (χ4n) is 3.65. The number of hydrogen-bond donors (Lipinski definition) is 0. The summed E-state index contributed by atoms with van der Waals surface area (Å²) in [6.07, 6.45) is 0. The molecule has 1 aliphatic heterocycles. The van der Waals surface area contributed by atoms with Gasteiger partial charge < -0.3 is 18.6 Å². The number of methoxy groups -OCH3 is 3. The van der Waals surface area contributed by atoms with Crippen LogP contribution in [0.2, 0.25) is 0 Å². The van der Waals surface area contributed by atoms with Crippen LogP contribution in [-0.2, 0) is 22.6 Å². The number of esters is 1. The second-order valence-corrected chi connectivity index (χ2v) is 7.03. The van der Waals surface area contributed by atoms with Gasteiger partial charge in [-0.1, -0.05) is 24.3 Å². The van der Waals surface area contributed by atoms with Gasteiger partial charge in [-0.2, -0.15) is 0 Å². The highest BCUT2D eigenvalue weighted by Crippen LogP contribution is 2.32. The summed E-state index contributed by atoms with van der Waals surface area (Å²) in [7, 11) is 4.38. The van der Waals surface area contributed by atoms with Crippen molar-refractivity contribution < 1.29 is 28.2 Å². The van der Waals surface area contributed by atoms with Gasteiger partial charge >= 0.3 is 5.97 Å². The van der Waals surface area contributed by atoms with Crippen molar-refractivity contribution in [2.45, 2.75) is 19.1 Å². The zero-order chi connectivity index (χ0) is 22.0. The molecule has 1 unspecified atom stereocenters. The lowest BCUT2D eigenvalue weighted by atomic mass is 10.0. The molecule has 8 heteroatoms. The minimum atomic E-state index is -1.14. The van der Waals surface area contributed by atoms with Gasteiger partial charge in [0.25, 0.3) is 0 Å². The number of nitrogens with zero attached hydrogens (tertiary/aromatic N) is 2. The third-order valence-electron chi connectivity index (χ3n) is 5.20. The zero-order valence-electron chi connectivity index (χ0n) is 17.5. The molecule has 0 saturated heterocycles. The first-order valence-electron chi connectivity index (χ1n) is 9.67. The van der Waals surface area contributed by atoms with Crippen LogP contribution in [0.4, 0.5) is 0 Å². The first-order valence-corrected chi connectivity index (χ1v) is 9.67. The van der Waals surface area contributed by atoms with Gasteiger partial charge in [-0.3, -0.25) is 9.69 Å². The third-order valence-corrected chi connectivity index (χ3v) is 5.20. The van der Waals surface area contributed by atoms with Gasteiger partial charge in [-0.15, -0.1) is 0 Å². The molecule has 0 aliphatic carbocycles. The van der Waals surface area contributed by atoms with Gasteiger partial charge in [0, 0.05) is 30.3 Å². The summed E-state index contributed by atoms with van der Waals surface area (Å²) < 4.78 is 21.4. The topological polar surface area (TPSA) is 91.1 Å².